The molecule has 0 fully saturated rings. The molecule has 0 bridgehead atoms. The van der Waals surface area contributed by atoms with E-state index in [-0.39, 0.29) is 16.4 Å². The number of primary sulfonamides is 1. The molecule has 3 N–H and O–H groups in total. The molecule has 0 spiro atoms. The lowest BCUT2D eigenvalue weighted by molar-refractivity contribution is 0.0948. The Hall–Kier alpha value is -0.920. The van der Waals surface area contributed by atoms with Crippen molar-refractivity contribution in [1.29, 1.82) is 0 Å². The van der Waals surface area contributed by atoms with Crippen LogP contribution in [-0.2, 0) is 10.0 Å². The summed E-state index contributed by atoms with van der Waals surface area (Å²) in [6.07, 6.45) is 0. The van der Waals surface area contributed by atoms with E-state index in [1.807, 2.05) is 13.8 Å². The van der Waals surface area contributed by atoms with Gasteiger partial charge in [-0.2, -0.15) is 0 Å². The highest BCUT2D eigenvalue weighted by Gasteiger charge is 2.15. The van der Waals surface area contributed by atoms with Gasteiger partial charge < -0.3 is 5.32 Å². The predicted octanol–water partition coefficient (Wildman–Crippen LogP) is 1.48. The fourth-order valence-corrected chi connectivity index (χ4v) is 2.21. The van der Waals surface area contributed by atoms with Crippen LogP contribution in [0.2, 0.25) is 0 Å². The van der Waals surface area contributed by atoms with E-state index in [4.69, 9.17) is 5.14 Å². The van der Waals surface area contributed by atoms with Gasteiger partial charge >= 0.3 is 0 Å². The van der Waals surface area contributed by atoms with Crippen LogP contribution in [0.15, 0.2) is 27.6 Å². The topological polar surface area (TPSA) is 89.3 Å². The van der Waals surface area contributed by atoms with Crippen LogP contribution in [0.5, 0.6) is 0 Å². The van der Waals surface area contributed by atoms with Crippen molar-refractivity contribution in [2.24, 2.45) is 11.1 Å². The lowest BCUT2D eigenvalue weighted by atomic mass is 10.2. The number of hydrogen-bond donors (Lipinski definition) is 2. The molecule has 0 heterocycles. The van der Waals surface area contributed by atoms with Gasteiger partial charge in [0.15, 0.2) is 0 Å². The zero-order chi connectivity index (χ0) is 13.9. The molecule has 1 aromatic carbocycles. The molecule has 1 aromatic rings. The minimum Gasteiger partial charge on any atom is -0.352 e. The number of benzene rings is 1. The summed E-state index contributed by atoms with van der Waals surface area (Å²) in [5.41, 5.74) is 0.252. The number of carbonyl (C=O) groups is 1. The van der Waals surface area contributed by atoms with E-state index in [0.29, 0.717) is 16.9 Å². The third-order valence-corrected chi connectivity index (χ3v) is 3.78. The molecule has 18 heavy (non-hydrogen) atoms. The summed E-state index contributed by atoms with van der Waals surface area (Å²) in [7, 11) is -3.81. The maximum atomic E-state index is 11.9. The number of carbonyl (C=O) groups excluding carboxylic acids is 1. The highest BCUT2D eigenvalue weighted by molar-refractivity contribution is 9.10. The van der Waals surface area contributed by atoms with E-state index >= 15 is 0 Å². The molecule has 5 nitrogen and oxygen atoms in total. The monoisotopic (exact) mass is 334 g/mol. The molecule has 0 saturated carbocycles. The van der Waals surface area contributed by atoms with Gasteiger partial charge in [-0.3, -0.25) is 4.79 Å². The molecule has 1 rings (SSSR count). The summed E-state index contributed by atoms with van der Waals surface area (Å²) < 4.78 is 23.0. The number of nitrogens with two attached hydrogens (primary N) is 1. The van der Waals surface area contributed by atoms with Gasteiger partial charge in [-0.05, 0) is 40.0 Å². The quantitative estimate of drug-likeness (QED) is 0.873. The molecule has 0 atom stereocenters. The third-order valence-electron chi connectivity index (χ3n) is 2.18. The SMILES string of the molecule is CC(C)CNC(=O)c1cc(S(N)(=O)=O)ccc1Br. The van der Waals surface area contributed by atoms with Crippen LogP contribution in [0.3, 0.4) is 0 Å². The van der Waals surface area contributed by atoms with Crippen molar-refractivity contribution in [2.45, 2.75) is 18.7 Å². The zero-order valence-corrected chi connectivity index (χ0v) is 12.5. The smallest absolute Gasteiger partial charge is 0.252 e. The van der Waals surface area contributed by atoms with E-state index in [0.717, 1.165) is 0 Å². The first-order valence-corrected chi connectivity index (χ1v) is 7.66. The summed E-state index contributed by atoms with van der Waals surface area (Å²) in [5.74, 6) is -0.0183. The number of amides is 1. The van der Waals surface area contributed by atoms with Crippen LogP contribution in [0.25, 0.3) is 0 Å². The molecule has 7 heteroatoms. The summed E-state index contributed by atoms with van der Waals surface area (Å²) in [6.45, 7) is 4.46. The predicted molar refractivity (Wildman–Crippen MR) is 72.7 cm³/mol. The number of hydrogen-bond acceptors (Lipinski definition) is 3. The highest BCUT2D eigenvalue weighted by atomic mass is 79.9. The Morgan fingerprint density at radius 1 is 1.44 bits per heavy atom. The molecule has 0 aromatic heterocycles. The van der Waals surface area contributed by atoms with E-state index in [1.54, 1.807) is 0 Å². The van der Waals surface area contributed by atoms with Crippen molar-refractivity contribution in [1.82, 2.24) is 5.32 Å². The molecular weight excluding hydrogens is 320 g/mol. The van der Waals surface area contributed by atoms with Gasteiger partial charge in [0.25, 0.3) is 5.91 Å². The van der Waals surface area contributed by atoms with Gasteiger partial charge in [-0.25, -0.2) is 13.6 Å². The van der Waals surface area contributed by atoms with Gasteiger partial charge in [0, 0.05) is 11.0 Å². The molecule has 0 aliphatic rings. The second kappa shape index (κ2) is 5.81. The van der Waals surface area contributed by atoms with Crippen molar-refractivity contribution in [3.63, 3.8) is 0 Å². The minimum atomic E-state index is -3.81. The Morgan fingerprint density at radius 3 is 2.56 bits per heavy atom. The fraction of sp³-hybridized carbons (Fsp3) is 0.364. The normalized spacial score (nSPS) is 11.6. The zero-order valence-electron chi connectivity index (χ0n) is 10.1. The number of halogens is 1. The van der Waals surface area contributed by atoms with Gasteiger partial charge in [0.05, 0.1) is 10.5 Å². The molecule has 1 amide bonds. The van der Waals surface area contributed by atoms with E-state index in [1.165, 1.54) is 18.2 Å². The highest BCUT2D eigenvalue weighted by Crippen LogP contribution is 2.20. The Morgan fingerprint density at radius 2 is 2.06 bits per heavy atom. The molecule has 0 radical (unpaired) electrons. The Labute approximate surface area is 115 Å². The van der Waals surface area contributed by atoms with Gasteiger partial charge in [0.2, 0.25) is 10.0 Å². The molecule has 0 aliphatic heterocycles. The number of sulfonamides is 1. The van der Waals surface area contributed by atoms with Crippen molar-refractivity contribution in [2.75, 3.05) is 6.54 Å². The van der Waals surface area contributed by atoms with Gasteiger partial charge in [0.1, 0.15) is 0 Å². The number of rotatable bonds is 4. The Kier molecular flexibility index (Phi) is 4.89. The third kappa shape index (κ3) is 4.08. The minimum absolute atomic E-state index is 0.0830. The lowest BCUT2D eigenvalue weighted by Crippen LogP contribution is -2.28. The second-order valence-electron chi connectivity index (χ2n) is 4.29. The molecule has 0 unspecified atom stereocenters. The first-order chi connectivity index (χ1) is 8.21. The Bertz CT molecular complexity index is 555. The second-order valence-corrected chi connectivity index (χ2v) is 6.71. The van der Waals surface area contributed by atoms with Crippen molar-refractivity contribution in [3.8, 4) is 0 Å². The van der Waals surface area contributed by atoms with Crippen molar-refractivity contribution in [3.05, 3.63) is 28.2 Å². The Balaban J connectivity index is 3.05. The standard InChI is InChI=1S/C11H15BrN2O3S/c1-7(2)6-14-11(15)9-5-8(18(13,16)17)3-4-10(9)12/h3-5,7H,6H2,1-2H3,(H,14,15)(H2,13,16,17). The molecule has 0 aliphatic carbocycles. The van der Waals surface area contributed by atoms with Crippen LogP contribution in [0.1, 0.15) is 24.2 Å². The summed E-state index contributed by atoms with van der Waals surface area (Å²) in [6, 6.07) is 4.09. The van der Waals surface area contributed by atoms with Gasteiger partial charge in [-0.15, -0.1) is 0 Å². The maximum Gasteiger partial charge on any atom is 0.252 e. The van der Waals surface area contributed by atoms with Crippen LogP contribution in [-0.4, -0.2) is 20.9 Å². The van der Waals surface area contributed by atoms with Crippen LogP contribution < -0.4 is 10.5 Å². The van der Waals surface area contributed by atoms with Crippen molar-refractivity contribution >= 4 is 31.9 Å². The average Bonchev–Trinajstić information content (AvgIpc) is 2.24. The number of nitrogens with one attached hydrogen (secondary N) is 1. The largest absolute Gasteiger partial charge is 0.352 e. The fourth-order valence-electron chi connectivity index (χ4n) is 1.25. The summed E-state index contributed by atoms with van der Waals surface area (Å²) in [5, 5.41) is 7.74. The molecule has 100 valence electrons. The average molecular weight is 335 g/mol. The summed E-state index contributed by atoms with van der Waals surface area (Å²) in [4.78, 5) is 11.8. The van der Waals surface area contributed by atoms with Crippen LogP contribution >= 0.6 is 15.9 Å². The van der Waals surface area contributed by atoms with E-state index in [9.17, 15) is 13.2 Å². The van der Waals surface area contributed by atoms with E-state index in [2.05, 4.69) is 21.2 Å². The van der Waals surface area contributed by atoms with Crippen molar-refractivity contribution < 1.29 is 13.2 Å². The first kappa shape index (κ1) is 15.1. The maximum absolute atomic E-state index is 11.9. The van der Waals surface area contributed by atoms with Crippen LogP contribution in [0, 0.1) is 5.92 Å². The van der Waals surface area contributed by atoms with Gasteiger partial charge in [-0.1, -0.05) is 13.8 Å². The first-order valence-electron chi connectivity index (χ1n) is 5.32. The summed E-state index contributed by atoms with van der Waals surface area (Å²) >= 11 is 3.21. The van der Waals surface area contributed by atoms with E-state index < -0.39 is 10.0 Å². The molecule has 0 saturated heterocycles. The lowest BCUT2D eigenvalue weighted by Gasteiger charge is -2.10. The molecular formula is C11H15BrN2O3S. The van der Waals surface area contributed by atoms with Crippen LogP contribution in [0.4, 0.5) is 0 Å².